The van der Waals surface area contributed by atoms with Crippen molar-refractivity contribution in [3.05, 3.63) is 0 Å². The Balaban J connectivity index is 5.27. The highest BCUT2D eigenvalue weighted by molar-refractivity contribution is 7.47. The van der Waals surface area contributed by atoms with Gasteiger partial charge in [0.25, 0.3) is 0 Å². The molecule has 0 aromatic carbocycles. The van der Waals surface area contributed by atoms with Gasteiger partial charge in [-0.05, 0) is 43.4 Å². The summed E-state index contributed by atoms with van der Waals surface area (Å²) in [7, 11) is -9.94. The molecule has 0 aromatic rings. The fraction of sp³-hybridized carbons (Fsp3) is 0.956. The van der Waals surface area contributed by atoms with Crippen LogP contribution in [0.2, 0.25) is 0 Å². The molecule has 7 atom stereocenters. The van der Waals surface area contributed by atoms with Crippen molar-refractivity contribution < 1.29 is 80.2 Å². The molecule has 0 rings (SSSR count). The first-order valence-corrected chi connectivity index (χ1v) is 49.9. The number of aliphatic hydroxyl groups excluding tert-OH is 1. The lowest BCUT2D eigenvalue weighted by atomic mass is 9.99. The van der Waals surface area contributed by atoms with Crippen molar-refractivity contribution in [1.82, 2.24) is 0 Å². The average molecular weight is 1610 g/mol. The van der Waals surface area contributed by atoms with Crippen LogP contribution in [0.4, 0.5) is 0 Å². The van der Waals surface area contributed by atoms with E-state index in [0.717, 1.165) is 108 Å². The van der Waals surface area contributed by atoms with Crippen molar-refractivity contribution in [3.63, 3.8) is 0 Å². The molecule has 0 aliphatic heterocycles. The summed E-state index contributed by atoms with van der Waals surface area (Å²) in [6.07, 6.45) is 73.4. The third kappa shape index (κ3) is 81.2. The summed E-state index contributed by atoms with van der Waals surface area (Å²) in [6.45, 7) is 12.2. The molecule has 17 nitrogen and oxygen atoms in total. The number of hydrogen-bond acceptors (Lipinski definition) is 15. The van der Waals surface area contributed by atoms with Gasteiger partial charge in [-0.25, -0.2) is 9.13 Å². The number of ether oxygens (including phenoxy) is 4. The van der Waals surface area contributed by atoms with E-state index in [1.807, 2.05) is 0 Å². The lowest BCUT2D eigenvalue weighted by Gasteiger charge is -2.21. The standard InChI is InChI=1S/C91H178O17P2/c1-8-11-12-13-14-15-16-27-37-44-51-58-65-72-88(93)101-78-86(108-91(96)75-68-61-54-47-40-33-26-24-30-36-43-50-57-64-71-84(7)10-3)80-105-109(97,98)103-76-85(92)77-104-110(99,100)106-81-87(79-102-89(94)73-66-59-52-45-38-31-25-23-29-35-42-49-56-63-70-83(6)9-2)107-90(95)74-67-60-53-46-39-32-22-20-18-17-19-21-28-34-41-48-55-62-69-82(4)5/h82-87,92H,8-81H2,1-7H3,(H,97,98)(H,99,100)/t83?,84?,85-,86+,87+/m0/s1. The fourth-order valence-electron chi connectivity index (χ4n) is 14.2. The van der Waals surface area contributed by atoms with E-state index in [9.17, 15) is 43.2 Å². The van der Waals surface area contributed by atoms with Crippen molar-refractivity contribution in [1.29, 1.82) is 0 Å². The minimum absolute atomic E-state index is 0.108. The number of rotatable bonds is 89. The Morgan fingerprint density at radius 3 is 0.691 bits per heavy atom. The van der Waals surface area contributed by atoms with Gasteiger partial charge < -0.3 is 33.8 Å². The Morgan fingerprint density at radius 1 is 0.264 bits per heavy atom. The Bertz CT molecular complexity index is 2120. The van der Waals surface area contributed by atoms with E-state index >= 15 is 0 Å². The van der Waals surface area contributed by atoms with Crippen LogP contribution >= 0.6 is 15.6 Å². The lowest BCUT2D eigenvalue weighted by molar-refractivity contribution is -0.161. The van der Waals surface area contributed by atoms with Crippen molar-refractivity contribution in [2.45, 2.75) is 503 Å². The molecule has 110 heavy (non-hydrogen) atoms. The number of unbranched alkanes of at least 4 members (excludes halogenated alkanes) is 55. The Hall–Kier alpha value is -1.94. The van der Waals surface area contributed by atoms with Crippen LogP contribution in [0, 0.1) is 17.8 Å². The van der Waals surface area contributed by atoms with Gasteiger partial charge in [0.1, 0.15) is 19.3 Å². The molecule has 19 heteroatoms. The van der Waals surface area contributed by atoms with Crippen molar-refractivity contribution >= 4 is 39.5 Å². The topological polar surface area (TPSA) is 237 Å². The minimum atomic E-state index is -4.97. The zero-order chi connectivity index (χ0) is 80.8. The van der Waals surface area contributed by atoms with Gasteiger partial charge >= 0.3 is 39.5 Å². The predicted octanol–water partition coefficient (Wildman–Crippen LogP) is 28.0. The van der Waals surface area contributed by atoms with Crippen LogP contribution < -0.4 is 0 Å². The molecule has 0 radical (unpaired) electrons. The highest BCUT2D eigenvalue weighted by Gasteiger charge is 2.31. The number of esters is 4. The summed E-state index contributed by atoms with van der Waals surface area (Å²) in [5.41, 5.74) is 0. The largest absolute Gasteiger partial charge is 0.472 e. The lowest BCUT2D eigenvalue weighted by Crippen LogP contribution is -2.30. The average Bonchev–Trinajstić information content (AvgIpc) is 0.898. The molecule has 654 valence electrons. The first-order chi connectivity index (χ1) is 53.3. The molecule has 0 bridgehead atoms. The molecule has 4 unspecified atom stereocenters. The highest BCUT2D eigenvalue weighted by atomic mass is 31.2. The molecular weight excluding hydrogens is 1430 g/mol. The molecule has 0 aliphatic carbocycles. The molecule has 0 spiro atoms. The monoisotopic (exact) mass is 1610 g/mol. The van der Waals surface area contributed by atoms with Crippen LogP contribution in [0.3, 0.4) is 0 Å². The van der Waals surface area contributed by atoms with Gasteiger partial charge in [-0.3, -0.25) is 37.3 Å². The number of phosphoric acid groups is 2. The summed E-state index contributed by atoms with van der Waals surface area (Å²) < 4.78 is 69.1. The molecule has 0 heterocycles. The maximum Gasteiger partial charge on any atom is 0.472 e. The maximum absolute atomic E-state index is 13.2. The van der Waals surface area contributed by atoms with Gasteiger partial charge in [0, 0.05) is 25.7 Å². The number of hydrogen-bond donors (Lipinski definition) is 3. The zero-order valence-corrected chi connectivity index (χ0v) is 74.5. The SMILES string of the molecule is CCCCCCCCCCCCCCCC(=O)OC[C@H](COP(=O)(O)OC[C@H](O)COP(=O)(O)OC[C@@H](COC(=O)CCCCCCCCCCCCCCCCC(C)CC)OC(=O)CCCCCCCCCCCCCCCCCCCCC(C)C)OC(=O)CCCCCCCCCCCCCCCCC(C)CC. The second kappa shape index (κ2) is 80.8. The molecule has 3 N–H and O–H groups in total. The number of phosphoric ester groups is 2. The van der Waals surface area contributed by atoms with Gasteiger partial charge in [-0.1, -0.05) is 434 Å². The minimum Gasteiger partial charge on any atom is -0.462 e. The van der Waals surface area contributed by atoms with Gasteiger partial charge in [0.15, 0.2) is 12.2 Å². The molecule has 0 fully saturated rings. The summed E-state index contributed by atoms with van der Waals surface area (Å²) in [5, 5.41) is 10.7. The van der Waals surface area contributed by atoms with Gasteiger partial charge in [0.2, 0.25) is 0 Å². The first-order valence-electron chi connectivity index (χ1n) is 46.9. The van der Waals surface area contributed by atoms with Crippen LogP contribution in [0.1, 0.15) is 485 Å². The van der Waals surface area contributed by atoms with Gasteiger partial charge in [0.05, 0.1) is 26.4 Å². The molecular formula is C91H178O17P2. The van der Waals surface area contributed by atoms with E-state index in [0.29, 0.717) is 25.7 Å². The van der Waals surface area contributed by atoms with Gasteiger partial charge in [-0.2, -0.15) is 0 Å². The third-order valence-electron chi connectivity index (χ3n) is 22.1. The predicted molar refractivity (Wildman–Crippen MR) is 455 cm³/mol. The van der Waals surface area contributed by atoms with Crippen LogP contribution in [0.5, 0.6) is 0 Å². The van der Waals surface area contributed by atoms with E-state index in [1.165, 1.54) is 295 Å². The fourth-order valence-corrected chi connectivity index (χ4v) is 15.8. The molecule has 0 saturated carbocycles. The van der Waals surface area contributed by atoms with E-state index in [-0.39, 0.29) is 25.7 Å². The summed E-state index contributed by atoms with van der Waals surface area (Å²) in [5.74, 6) is 0.420. The quantitative estimate of drug-likeness (QED) is 0.0222. The second-order valence-corrected chi connectivity index (χ2v) is 36.6. The number of carbonyl (C=O) groups excluding carboxylic acids is 4. The smallest absolute Gasteiger partial charge is 0.462 e. The van der Waals surface area contributed by atoms with E-state index in [1.54, 1.807) is 0 Å². The molecule has 0 amide bonds. The maximum atomic E-state index is 13.2. The molecule has 0 aliphatic rings. The molecule has 0 saturated heterocycles. The zero-order valence-electron chi connectivity index (χ0n) is 72.7. The van der Waals surface area contributed by atoms with Crippen molar-refractivity contribution in [2.24, 2.45) is 17.8 Å². The van der Waals surface area contributed by atoms with Crippen LogP contribution in [0.25, 0.3) is 0 Å². The Labute approximate surface area is 677 Å². The van der Waals surface area contributed by atoms with Crippen LogP contribution in [-0.4, -0.2) is 96.7 Å². The van der Waals surface area contributed by atoms with Crippen molar-refractivity contribution in [3.8, 4) is 0 Å². The first kappa shape index (κ1) is 108. The highest BCUT2D eigenvalue weighted by Crippen LogP contribution is 2.45. The normalized spacial score (nSPS) is 14.3. The van der Waals surface area contributed by atoms with Crippen LogP contribution in [-0.2, 0) is 65.4 Å². The summed E-state index contributed by atoms with van der Waals surface area (Å²) >= 11 is 0. The van der Waals surface area contributed by atoms with E-state index in [2.05, 4.69) is 48.5 Å². The molecule has 0 aromatic heterocycles. The summed E-state index contributed by atoms with van der Waals surface area (Å²) in [6, 6.07) is 0. The number of aliphatic hydroxyl groups is 1. The van der Waals surface area contributed by atoms with Crippen molar-refractivity contribution in [2.75, 3.05) is 39.6 Å². The Kier molecular flexibility index (Phi) is 79.4. The van der Waals surface area contributed by atoms with E-state index < -0.39 is 97.5 Å². The second-order valence-electron chi connectivity index (χ2n) is 33.7. The Morgan fingerprint density at radius 2 is 0.464 bits per heavy atom. The van der Waals surface area contributed by atoms with Crippen LogP contribution in [0.15, 0.2) is 0 Å². The van der Waals surface area contributed by atoms with E-state index in [4.69, 9.17) is 37.0 Å². The number of carbonyl (C=O) groups is 4. The summed E-state index contributed by atoms with van der Waals surface area (Å²) in [4.78, 5) is 73.5. The third-order valence-corrected chi connectivity index (χ3v) is 24.0. The van der Waals surface area contributed by atoms with Gasteiger partial charge in [-0.15, -0.1) is 0 Å².